The molecular formula is C49H67N7O7. The molecule has 6 atom stereocenters. The molecule has 63 heavy (non-hydrogen) atoms. The first-order chi connectivity index (χ1) is 30.1. The van der Waals surface area contributed by atoms with Crippen LogP contribution in [0.2, 0.25) is 0 Å². The molecule has 4 aromatic rings. The van der Waals surface area contributed by atoms with Gasteiger partial charge in [0, 0.05) is 69.6 Å². The van der Waals surface area contributed by atoms with Crippen molar-refractivity contribution in [3.05, 3.63) is 71.5 Å². The molecule has 0 radical (unpaired) electrons. The number of aromatic nitrogens is 2. The number of likely N-dealkylation sites (N-methyl/N-ethyl adjacent to an activating group) is 1. The molecule has 2 fully saturated rings. The van der Waals surface area contributed by atoms with E-state index >= 15 is 0 Å². The first-order valence-corrected chi connectivity index (χ1v) is 22.6. The third-order valence-electron chi connectivity index (χ3n) is 13.1. The van der Waals surface area contributed by atoms with Crippen molar-refractivity contribution in [2.24, 2.45) is 17.3 Å². The summed E-state index contributed by atoms with van der Waals surface area (Å²) in [5, 5.41) is 20.4. The zero-order chi connectivity index (χ0) is 45.2. The van der Waals surface area contributed by atoms with Crippen LogP contribution in [0.5, 0.6) is 5.75 Å². The molecule has 14 nitrogen and oxygen atoms in total. The minimum atomic E-state index is -1.04. The fourth-order valence-corrected chi connectivity index (χ4v) is 9.98. The molecule has 7 rings (SSSR count). The van der Waals surface area contributed by atoms with Gasteiger partial charge in [0.1, 0.15) is 17.8 Å². The average molecular weight is 866 g/mol. The van der Waals surface area contributed by atoms with Crippen LogP contribution in [0.1, 0.15) is 77.5 Å². The van der Waals surface area contributed by atoms with Crippen molar-refractivity contribution in [2.45, 2.75) is 117 Å². The van der Waals surface area contributed by atoms with E-state index in [9.17, 15) is 19.5 Å². The number of pyridine rings is 1. The second kappa shape index (κ2) is 19.5. The first kappa shape index (κ1) is 46.1. The van der Waals surface area contributed by atoms with Gasteiger partial charge in [-0.3, -0.25) is 24.4 Å². The van der Waals surface area contributed by atoms with Crippen LogP contribution >= 0.6 is 0 Å². The fraction of sp³-hybridized carbons (Fsp3) is 0.551. The summed E-state index contributed by atoms with van der Waals surface area (Å²) in [6.45, 7) is 15.1. The van der Waals surface area contributed by atoms with Gasteiger partial charge in [-0.1, -0.05) is 46.8 Å². The Morgan fingerprint density at radius 2 is 1.90 bits per heavy atom. The molecule has 3 aliphatic rings. The van der Waals surface area contributed by atoms with Crippen LogP contribution in [-0.4, -0.2) is 114 Å². The number of amides is 3. The number of phenols is 1. The van der Waals surface area contributed by atoms with Crippen LogP contribution in [0.15, 0.2) is 54.9 Å². The summed E-state index contributed by atoms with van der Waals surface area (Å²) >= 11 is 0. The van der Waals surface area contributed by atoms with Crippen molar-refractivity contribution in [1.82, 2.24) is 35.5 Å². The predicted octanol–water partition coefficient (Wildman–Crippen LogP) is 5.82. The number of phenolic OH excluding ortho intramolecular Hbond substituents is 1. The van der Waals surface area contributed by atoms with Crippen LogP contribution in [-0.2, 0) is 54.6 Å². The second-order valence-electron chi connectivity index (χ2n) is 18.9. The van der Waals surface area contributed by atoms with E-state index in [1.54, 1.807) is 44.6 Å². The normalized spacial score (nSPS) is 23.4. The summed E-state index contributed by atoms with van der Waals surface area (Å²) in [6.07, 6.45) is 6.06. The van der Waals surface area contributed by atoms with Crippen LogP contribution in [0, 0.1) is 17.3 Å². The van der Waals surface area contributed by atoms with Gasteiger partial charge in [-0.05, 0) is 115 Å². The van der Waals surface area contributed by atoms with E-state index in [-0.39, 0.29) is 53.3 Å². The number of nitrogens with zero attached hydrogens (tertiary/aromatic N) is 4. The number of methoxy groups -OCH3 is 2. The van der Waals surface area contributed by atoms with Crippen molar-refractivity contribution >= 4 is 28.6 Å². The number of nitrogens with one attached hydrogen (secondary N) is 3. The number of ether oxygens (including phenoxy) is 3. The topological polar surface area (TPSA) is 160 Å². The zero-order valence-corrected chi connectivity index (χ0v) is 38.5. The fourth-order valence-electron chi connectivity index (χ4n) is 9.98. The molecule has 4 N–H and O–H groups in total. The number of benzene rings is 2. The highest BCUT2D eigenvalue weighted by Crippen LogP contribution is 2.41. The number of hydrogen-bond acceptors (Lipinski definition) is 10. The maximum absolute atomic E-state index is 14.8. The lowest BCUT2D eigenvalue weighted by Crippen LogP contribution is -2.63. The Bertz CT molecular complexity index is 2290. The summed E-state index contributed by atoms with van der Waals surface area (Å²) in [6, 6.07) is 11.2. The molecule has 0 saturated carbocycles. The number of aromatic hydroxyl groups is 1. The first-order valence-electron chi connectivity index (χ1n) is 22.6. The maximum Gasteiger partial charge on any atom is 0.259 e. The molecule has 6 bridgehead atoms. The number of hydrogen-bond donors (Lipinski definition) is 4. The molecule has 1 unspecified atom stereocenters. The predicted molar refractivity (Wildman–Crippen MR) is 243 cm³/mol. The molecular weight excluding hydrogens is 799 g/mol. The number of carbonyl (C=O) groups excluding carboxylic acids is 3. The Morgan fingerprint density at radius 1 is 1.11 bits per heavy atom. The molecule has 3 amide bonds. The largest absolute Gasteiger partial charge is 0.508 e. The van der Waals surface area contributed by atoms with Gasteiger partial charge >= 0.3 is 0 Å². The SMILES string of the molecule is CCn1c(-c2cnccc2COC)c2c3cc(ccc31)-c1cc(O)cc(c1)C[C@H](NC(=O)[C@H](C(C)C)N(C)C(=O)[C@@H]1NCC[C@@H]1C)C(=O)N1CCC[C@H](N1)C(OC)OCC(C)(C)C2. The van der Waals surface area contributed by atoms with Crippen LogP contribution in [0.4, 0.5) is 0 Å². The van der Waals surface area contributed by atoms with E-state index in [1.807, 2.05) is 39.1 Å². The molecule has 2 aromatic heterocycles. The third kappa shape index (κ3) is 9.80. The lowest BCUT2D eigenvalue weighted by atomic mass is 9.84. The Hall–Kier alpha value is -4.86. The minimum Gasteiger partial charge on any atom is -0.508 e. The Kier molecular flexibility index (Phi) is 14.3. The highest BCUT2D eigenvalue weighted by Gasteiger charge is 2.40. The van der Waals surface area contributed by atoms with Gasteiger partial charge in [-0.15, -0.1) is 0 Å². The van der Waals surface area contributed by atoms with Gasteiger partial charge < -0.3 is 39.4 Å². The standard InChI is InChI=1S/C49H67N7O7/c1-10-55-41-14-13-32-24-36(41)37(44(55)38-26-50-17-16-33(38)27-61-8)25-49(5,6)28-63-48(62-9)39-12-11-19-56(53-39)46(59)40(22-31-20-34(32)23-35(57)21-31)52-45(58)43(29(2)3)54(7)47(60)42-30(4)15-18-51-42/h13-14,16-17,20-21,23-24,26,29-30,39-40,42-43,48,51,53,57H,10-12,15,18-19,22,25,27-28H2,1-9H3,(H,52,58)/t30-,39-,40-,42+,43-,48?/m0/s1. The van der Waals surface area contributed by atoms with E-state index in [4.69, 9.17) is 14.2 Å². The van der Waals surface area contributed by atoms with Gasteiger partial charge in [0.2, 0.25) is 11.8 Å². The molecule has 2 saturated heterocycles. The Morgan fingerprint density at radius 3 is 2.60 bits per heavy atom. The molecule has 340 valence electrons. The quantitative estimate of drug-likeness (QED) is 0.153. The number of carbonyl (C=O) groups is 3. The van der Waals surface area contributed by atoms with Gasteiger partial charge in [0.05, 0.1) is 31.0 Å². The Balaban J connectivity index is 1.34. The third-order valence-corrected chi connectivity index (χ3v) is 13.1. The van der Waals surface area contributed by atoms with Crippen LogP contribution in [0.25, 0.3) is 33.3 Å². The number of hydrazine groups is 1. The van der Waals surface area contributed by atoms with Crippen molar-refractivity contribution in [3.8, 4) is 28.1 Å². The van der Waals surface area contributed by atoms with E-state index in [1.165, 1.54) is 4.90 Å². The molecule has 5 heterocycles. The molecule has 3 aliphatic heterocycles. The summed E-state index contributed by atoms with van der Waals surface area (Å²) in [4.78, 5) is 49.2. The van der Waals surface area contributed by atoms with E-state index in [2.05, 4.69) is 64.6 Å². The van der Waals surface area contributed by atoms with Gasteiger partial charge in [-0.25, -0.2) is 5.43 Å². The van der Waals surface area contributed by atoms with Crippen molar-refractivity contribution < 1.29 is 33.7 Å². The number of fused-ring (bicyclic) bond motifs is 6. The number of aryl methyl sites for hydroxylation is 1. The summed E-state index contributed by atoms with van der Waals surface area (Å²) < 4.78 is 20.7. The van der Waals surface area contributed by atoms with Gasteiger partial charge in [0.25, 0.3) is 5.91 Å². The lowest BCUT2D eigenvalue weighted by Gasteiger charge is -2.40. The summed E-state index contributed by atoms with van der Waals surface area (Å²) in [7, 11) is 4.99. The molecule has 0 aliphatic carbocycles. The van der Waals surface area contributed by atoms with E-state index in [0.717, 1.165) is 57.4 Å². The smallest absolute Gasteiger partial charge is 0.259 e. The van der Waals surface area contributed by atoms with E-state index < -0.39 is 24.3 Å². The summed E-state index contributed by atoms with van der Waals surface area (Å²) in [5.41, 5.74) is 10.7. The van der Waals surface area contributed by atoms with Crippen LogP contribution < -0.4 is 16.1 Å². The van der Waals surface area contributed by atoms with E-state index in [0.29, 0.717) is 51.1 Å². The van der Waals surface area contributed by atoms with Crippen molar-refractivity contribution in [1.29, 1.82) is 0 Å². The van der Waals surface area contributed by atoms with Crippen molar-refractivity contribution in [2.75, 3.05) is 41.0 Å². The zero-order valence-electron chi connectivity index (χ0n) is 38.5. The minimum absolute atomic E-state index is 0.0436. The molecule has 2 aromatic carbocycles. The summed E-state index contributed by atoms with van der Waals surface area (Å²) in [5.74, 6) is -0.959. The second-order valence-corrected chi connectivity index (χ2v) is 18.9. The van der Waals surface area contributed by atoms with Gasteiger partial charge in [0.15, 0.2) is 6.29 Å². The monoisotopic (exact) mass is 866 g/mol. The highest BCUT2D eigenvalue weighted by molar-refractivity contribution is 5.96. The van der Waals surface area contributed by atoms with Gasteiger partial charge in [-0.2, -0.15) is 0 Å². The molecule has 0 spiro atoms. The average Bonchev–Trinajstić information content (AvgIpc) is 3.82. The number of rotatable bonds is 10. The maximum atomic E-state index is 14.8. The van der Waals surface area contributed by atoms with Crippen molar-refractivity contribution in [3.63, 3.8) is 0 Å². The highest BCUT2D eigenvalue weighted by atomic mass is 16.7. The van der Waals surface area contributed by atoms with Crippen LogP contribution in [0.3, 0.4) is 0 Å². The Labute approximate surface area is 372 Å². The molecule has 14 heteroatoms. The lowest BCUT2D eigenvalue weighted by molar-refractivity contribution is -0.177.